The number of hydrogen-bond acceptors (Lipinski definition) is 4. The molecule has 6 nitrogen and oxygen atoms in total. The first kappa shape index (κ1) is 20.4. The molecule has 1 atom stereocenters. The van der Waals surface area contributed by atoms with Gasteiger partial charge in [0.25, 0.3) is 10.2 Å². The summed E-state index contributed by atoms with van der Waals surface area (Å²) in [6.07, 6.45) is -4.86. The lowest BCUT2D eigenvalue weighted by atomic mass is 10.1. The van der Waals surface area contributed by atoms with E-state index in [-0.39, 0.29) is 28.0 Å². The Morgan fingerprint density at radius 3 is 2.08 bits per heavy atom. The van der Waals surface area contributed by atoms with Crippen LogP contribution in [0.3, 0.4) is 0 Å². The van der Waals surface area contributed by atoms with Crippen LogP contribution >= 0.6 is 11.6 Å². The van der Waals surface area contributed by atoms with Gasteiger partial charge in [0, 0.05) is 25.2 Å². The molecule has 1 saturated heterocycles. The third kappa shape index (κ3) is 4.64. The van der Waals surface area contributed by atoms with Crippen molar-refractivity contribution in [2.45, 2.75) is 12.2 Å². The largest absolute Gasteiger partial charge is 0.409 e. The monoisotopic (exact) mass is 420 g/mol. The summed E-state index contributed by atoms with van der Waals surface area (Å²) in [5.74, 6) is -0.838. The third-order valence-electron chi connectivity index (χ3n) is 3.85. The van der Waals surface area contributed by atoms with E-state index in [9.17, 15) is 30.0 Å². The minimum absolute atomic E-state index is 0.216. The minimum Gasteiger partial charge on any atom is -0.229 e. The van der Waals surface area contributed by atoms with Gasteiger partial charge in [0.15, 0.2) is 9.84 Å². The summed E-state index contributed by atoms with van der Waals surface area (Å²) in [7, 11) is -7.05. The zero-order chi connectivity index (χ0) is 19.0. The molecule has 0 amide bonds. The molecule has 1 fully saturated rings. The van der Waals surface area contributed by atoms with Crippen molar-refractivity contribution in [3.8, 4) is 0 Å². The molecular formula is C13H16ClF3N2O4S2. The molecule has 0 aromatic heterocycles. The highest BCUT2D eigenvalue weighted by molar-refractivity contribution is 7.91. The highest BCUT2D eigenvalue weighted by atomic mass is 35.5. The second kappa shape index (κ2) is 7.03. The number of rotatable bonds is 4. The van der Waals surface area contributed by atoms with Crippen LogP contribution in [-0.4, -0.2) is 63.3 Å². The van der Waals surface area contributed by atoms with E-state index in [2.05, 4.69) is 0 Å². The predicted octanol–water partition coefficient (Wildman–Crippen LogP) is 1.85. The summed E-state index contributed by atoms with van der Waals surface area (Å²) in [5, 5.41) is 0.219. The standard InChI is InChI=1S/C13H16ClF3N2O4S2/c1-18(25(22,23)19-6-8-24(20,21)9-7-19)12(13(15,16)17)10-2-4-11(14)5-3-10/h2-5,12H,6-9H2,1H3. The minimum atomic E-state index is -4.86. The van der Waals surface area contributed by atoms with Crippen molar-refractivity contribution in [2.24, 2.45) is 0 Å². The summed E-state index contributed by atoms with van der Waals surface area (Å²) >= 11 is 5.67. The molecule has 1 aromatic carbocycles. The van der Waals surface area contributed by atoms with Crippen molar-refractivity contribution in [1.82, 2.24) is 8.61 Å². The highest BCUT2D eigenvalue weighted by Crippen LogP contribution is 2.39. The molecule has 1 aromatic rings. The van der Waals surface area contributed by atoms with E-state index >= 15 is 0 Å². The van der Waals surface area contributed by atoms with Crippen LogP contribution in [0.25, 0.3) is 0 Å². The Bertz CT molecular complexity index is 812. The summed E-state index contributed by atoms with van der Waals surface area (Å²) in [6.45, 7) is -0.750. The van der Waals surface area contributed by atoms with Crippen molar-refractivity contribution in [2.75, 3.05) is 31.6 Å². The molecule has 0 N–H and O–H groups in total. The molecule has 25 heavy (non-hydrogen) atoms. The van der Waals surface area contributed by atoms with Crippen LogP contribution in [0.5, 0.6) is 0 Å². The number of nitrogens with zero attached hydrogens (tertiary/aromatic N) is 2. The fourth-order valence-corrected chi connectivity index (χ4v) is 5.57. The molecule has 2 rings (SSSR count). The van der Waals surface area contributed by atoms with Crippen LogP contribution in [0, 0.1) is 0 Å². The zero-order valence-corrected chi connectivity index (χ0v) is 15.5. The topological polar surface area (TPSA) is 74.8 Å². The van der Waals surface area contributed by atoms with Gasteiger partial charge in [-0.05, 0) is 17.7 Å². The first-order chi connectivity index (χ1) is 11.3. The van der Waals surface area contributed by atoms with E-state index in [0.29, 0.717) is 0 Å². The Hall–Kier alpha value is -0.880. The van der Waals surface area contributed by atoms with E-state index in [0.717, 1.165) is 23.5 Å². The van der Waals surface area contributed by atoms with Crippen LogP contribution in [0.4, 0.5) is 13.2 Å². The van der Waals surface area contributed by atoms with E-state index in [4.69, 9.17) is 11.6 Å². The van der Waals surface area contributed by atoms with E-state index in [1.54, 1.807) is 0 Å². The van der Waals surface area contributed by atoms with E-state index in [1.165, 1.54) is 12.1 Å². The van der Waals surface area contributed by atoms with Crippen LogP contribution in [0.1, 0.15) is 11.6 Å². The van der Waals surface area contributed by atoms with Crippen molar-refractivity contribution < 1.29 is 30.0 Å². The molecule has 0 bridgehead atoms. The number of halogens is 4. The molecule has 0 spiro atoms. The quantitative estimate of drug-likeness (QED) is 0.745. The van der Waals surface area contributed by atoms with Crippen molar-refractivity contribution in [3.05, 3.63) is 34.9 Å². The Kier molecular flexibility index (Phi) is 5.74. The van der Waals surface area contributed by atoms with Crippen molar-refractivity contribution >= 4 is 31.6 Å². The number of sulfone groups is 1. The summed E-state index contributed by atoms with van der Waals surface area (Å²) in [5.41, 5.74) is -0.285. The van der Waals surface area contributed by atoms with Gasteiger partial charge in [-0.1, -0.05) is 23.7 Å². The van der Waals surface area contributed by atoms with E-state index in [1.807, 2.05) is 0 Å². The van der Waals surface area contributed by atoms with Gasteiger partial charge in [-0.15, -0.1) is 0 Å². The fourth-order valence-electron chi connectivity index (χ4n) is 2.49. The first-order valence-corrected chi connectivity index (χ1v) is 10.7. The molecule has 12 heteroatoms. The van der Waals surface area contributed by atoms with Gasteiger partial charge >= 0.3 is 6.18 Å². The summed E-state index contributed by atoms with van der Waals surface area (Å²) in [6, 6.07) is 2.28. The zero-order valence-electron chi connectivity index (χ0n) is 13.1. The molecule has 142 valence electrons. The molecule has 1 aliphatic heterocycles. The van der Waals surface area contributed by atoms with Gasteiger partial charge in [0.05, 0.1) is 11.5 Å². The number of hydrogen-bond donors (Lipinski definition) is 0. The molecule has 1 heterocycles. The van der Waals surface area contributed by atoms with Gasteiger partial charge in [-0.3, -0.25) is 0 Å². The molecular weight excluding hydrogens is 405 g/mol. The first-order valence-electron chi connectivity index (χ1n) is 7.10. The Morgan fingerprint density at radius 1 is 1.16 bits per heavy atom. The second-order valence-corrected chi connectivity index (χ2v) is 10.3. The lowest BCUT2D eigenvalue weighted by molar-refractivity contribution is -0.171. The number of benzene rings is 1. The maximum atomic E-state index is 13.5. The van der Waals surface area contributed by atoms with Gasteiger partial charge in [-0.25, -0.2) is 8.42 Å². The Morgan fingerprint density at radius 2 is 1.64 bits per heavy atom. The van der Waals surface area contributed by atoms with Crippen LogP contribution < -0.4 is 0 Å². The van der Waals surface area contributed by atoms with Gasteiger partial charge in [-0.2, -0.15) is 30.2 Å². The third-order valence-corrected chi connectivity index (χ3v) is 7.67. The van der Waals surface area contributed by atoms with Crippen molar-refractivity contribution in [1.29, 1.82) is 0 Å². The maximum absolute atomic E-state index is 13.5. The second-order valence-electron chi connectivity index (χ2n) is 5.57. The molecule has 1 aliphatic rings. The van der Waals surface area contributed by atoms with Gasteiger partial charge in [0.2, 0.25) is 0 Å². The molecule has 0 saturated carbocycles. The normalized spacial score (nSPS) is 20.6. The van der Waals surface area contributed by atoms with Gasteiger partial charge in [0.1, 0.15) is 6.04 Å². The van der Waals surface area contributed by atoms with Gasteiger partial charge < -0.3 is 0 Å². The maximum Gasteiger partial charge on any atom is 0.409 e. The molecule has 0 radical (unpaired) electrons. The predicted molar refractivity (Wildman–Crippen MR) is 87.2 cm³/mol. The highest BCUT2D eigenvalue weighted by Gasteiger charge is 2.49. The SMILES string of the molecule is CN(C(c1ccc(Cl)cc1)C(F)(F)F)S(=O)(=O)N1CCS(=O)(=O)CC1. The number of alkyl halides is 3. The smallest absolute Gasteiger partial charge is 0.229 e. The average Bonchev–Trinajstić information content (AvgIpc) is 2.47. The van der Waals surface area contributed by atoms with E-state index < -0.39 is 43.8 Å². The fraction of sp³-hybridized carbons (Fsp3) is 0.538. The summed E-state index contributed by atoms with van der Waals surface area (Å²) < 4.78 is 89.5. The lowest BCUT2D eigenvalue weighted by Gasteiger charge is -2.35. The van der Waals surface area contributed by atoms with Crippen molar-refractivity contribution in [3.63, 3.8) is 0 Å². The molecule has 1 unspecified atom stereocenters. The summed E-state index contributed by atoms with van der Waals surface area (Å²) in [4.78, 5) is 0. The Labute approximate surface area is 149 Å². The molecule has 0 aliphatic carbocycles. The van der Waals surface area contributed by atoms with Crippen LogP contribution in [-0.2, 0) is 20.0 Å². The Balaban J connectivity index is 2.35. The van der Waals surface area contributed by atoms with Crippen LogP contribution in [0.15, 0.2) is 24.3 Å². The van der Waals surface area contributed by atoms with Crippen LogP contribution in [0.2, 0.25) is 5.02 Å². The average molecular weight is 421 g/mol. The lowest BCUT2D eigenvalue weighted by Crippen LogP contribution is -2.51.